The van der Waals surface area contributed by atoms with Crippen molar-refractivity contribution in [1.29, 1.82) is 0 Å². The molecule has 1 aliphatic rings. The minimum atomic E-state index is -0.620. The van der Waals surface area contributed by atoms with Gasteiger partial charge in [-0.1, -0.05) is 12.2 Å². The van der Waals surface area contributed by atoms with E-state index in [4.69, 9.17) is 0 Å². The summed E-state index contributed by atoms with van der Waals surface area (Å²) < 4.78 is 4.66. The highest BCUT2D eigenvalue weighted by Gasteiger charge is 2.14. The van der Waals surface area contributed by atoms with Gasteiger partial charge in [0.2, 0.25) is 5.78 Å². The van der Waals surface area contributed by atoms with Gasteiger partial charge in [0.25, 0.3) is 0 Å². The highest BCUT2D eigenvalue weighted by molar-refractivity contribution is 5.97. The lowest BCUT2D eigenvalue weighted by atomic mass is 10.1. The summed E-state index contributed by atoms with van der Waals surface area (Å²) in [7, 11) is 1.44. The summed E-state index contributed by atoms with van der Waals surface area (Å²) in [5, 5.41) is 2.25. The molecule has 0 spiro atoms. The molecule has 0 aromatic heterocycles. The van der Waals surface area contributed by atoms with Crippen molar-refractivity contribution in [3.05, 3.63) is 24.0 Å². The molecule has 0 fully saturated rings. The van der Waals surface area contributed by atoms with Gasteiger partial charge >= 0.3 is 6.09 Å². The molecule has 12 heavy (non-hydrogen) atoms. The molecule has 0 bridgehead atoms. The summed E-state index contributed by atoms with van der Waals surface area (Å²) in [6.07, 6.45) is 4.53. The molecule has 0 atom stereocenters. The van der Waals surface area contributed by atoms with Gasteiger partial charge in [-0.2, -0.15) is 0 Å². The second-order valence-electron chi connectivity index (χ2n) is 2.23. The normalized spacial score (nSPS) is 15.4. The summed E-state index contributed by atoms with van der Waals surface area (Å²) in [4.78, 5) is 21.7. The number of rotatable bonds is 1. The molecule has 64 valence electrons. The Hall–Kier alpha value is -1.58. The van der Waals surface area contributed by atoms with Crippen LogP contribution in [0.1, 0.15) is 6.42 Å². The molecule has 0 heterocycles. The molecule has 0 radical (unpaired) electrons. The van der Waals surface area contributed by atoms with Crippen LogP contribution < -0.4 is 5.32 Å². The minimum absolute atomic E-state index is 0.0943. The molecular weight excluding hydrogens is 158 g/mol. The summed E-state index contributed by atoms with van der Waals surface area (Å²) in [6, 6.07) is 0. The van der Waals surface area contributed by atoms with Crippen molar-refractivity contribution in [1.82, 2.24) is 5.32 Å². The summed E-state index contributed by atoms with van der Waals surface area (Å²) in [5.41, 5.74) is 0. The molecule has 0 aromatic rings. The third-order valence-electron chi connectivity index (χ3n) is 1.37. The van der Waals surface area contributed by atoms with Crippen LogP contribution in [0.4, 0.5) is 4.79 Å². The van der Waals surface area contributed by atoms with Crippen LogP contribution >= 0.6 is 0 Å². The van der Waals surface area contributed by atoms with Crippen LogP contribution in [0.2, 0.25) is 0 Å². The number of amides is 1. The number of hydrogen-bond acceptors (Lipinski definition) is 3. The number of allylic oxidation sites excluding steroid dienone is 4. The standard InChI is InChI=1S/C8H9NO3/c1-9-8(11)12-7-5-3-2-4-6(7)10/h2-3,5H,4H2,1H3,(H,9,11). The number of hydrogen-bond donors (Lipinski definition) is 1. The van der Waals surface area contributed by atoms with Crippen molar-refractivity contribution in [3.63, 3.8) is 0 Å². The second kappa shape index (κ2) is 3.71. The van der Waals surface area contributed by atoms with Crippen LogP contribution in [-0.2, 0) is 9.53 Å². The third-order valence-corrected chi connectivity index (χ3v) is 1.37. The molecule has 0 unspecified atom stereocenters. The number of Topliss-reactive ketones (excluding diaryl/α,β-unsaturated/α-hetero) is 1. The van der Waals surface area contributed by atoms with E-state index in [-0.39, 0.29) is 11.5 Å². The van der Waals surface area contributed by atoms with Crippen molar-refractivity contribution < 1.29 is 14.3 Å². The molecular formula is C8H9NO3. The van der Waals surface area contributed by atoms with Gasteiger partial charge in [-0.05, 0) is 6.08 Å². The van der Waals surface area contributed by atoms with Crippen molar-refractivity contribution >= 4 is 11.9 Å². The monoisotopic (exact) mass is 167 g/mol. The largest absolute Gasteiger partial charge is 0.412 e. The van der Waals surface area contributed by atoms with E-state index in [1.807, 2.05) is 0 Å². The maximum atomic E-state index is 11.0. The summed E-state index contributed by atoms with van der Waals surface area (Å²) in [5.74, 6) is -0.0852. The Bertz CT molecular complexity index is 265. The number of nitrogens with one attached hydrogen (secondary N) is 1. The van der Waals surface area contributed by atoms with Crippen LogP contribution in [0.25, 0.3) is 0 Å². The Labute approximate surface area is 69.9 Å². The van der Waals surface area contributed by atoms with Crippen molar-refractivity contribution in [2.45, 2.75) is 6.42 Å². The van der Waals surface area contributed by atoms with Crippen molar-refractivity contribution in [3.8, 4) is 0 Å². The summed E-state index contributed by atoms with van der Waals surface area (Å²) in [6.45, 7) is 0. The number of carbonyl (C=O) groups excluding carboxylic acids is 2. The van der Waals surface area contributed by atoms with E-state index in [2.05, 4.69) is 10.1 Å². The third kappa shape index (κ3) is 1.95. The Morgan fingerprint density at radius 1 is 1.67 bits per heavy atom. The number of ether oxygens (including phenoxy) is 1. The fraction of sp³-hybridized carbons (Fsp3) is 0.250. The molecule has 1 N–H and O–H groups in total. The van der Waals surface area contributed by atoms with Gasteiger partial charge in [-0.15, -0.1) is 0 Å². The zero-order valence-electron chi connectivity index (χ0n) is 6.66. The second-order valence-corrected chi connectivity index (χ2v) is 2.23. The van der Waals surface area contributed by atoms with E-state index in [1.54, 1.807) is 12.2 Å². The Balaban J connectivity index is 2.61. The number of ketones is 1. The predicted octanol–water partition coefficient (Wildman–Crippen LogP) is 0.755. The fourth-order valence-electron chi connectivity index (χ4n) is 0.766. The highest BCUT2D eigenvalue weighted by Crippen LogP contribution is 2.08. The SMILES string of the molecule is CNC(=O)OC1=CC=CCC1=O. The van der Waals surface area contributed by atoms with E-state index >= 15 is 0 Å². The fourth-order valence-corrected chi connectivity index (χ4v) is 0.766. The Kier molecular flexibility index (Phi) is 2.63. The topological polar surface area (TPSA) is 55.4 Å². The summed E-state index contributed by atoms with van der Waals surface area (Å²) >= 11 is 0. The van der Waals surface area contributed by atoms with E-state index in [1.165, 1.54) is 13.1 Å². The first kappa shape index (κ1) is 8.52. The molecule has 4 nitrogen and oxygen atoms in total. The number of alkyl carbamates (subject to hydrolysis) is 1. The van der Waals surface area contributed by atoms with Gasteiger partial charge in [0.1, 0.15) is 0 Å². The average molecular weight is 167 g/mol. The lowest BCUT2D eigenvalue weighted by Crippen LogP contribution is -2.21. The van der Waals surface area contributed by atoms with Gasteiger partial charge in [-0.3, -0.25) is 4.79 Å². The van der Waals surface area contributed by atoms with Crippen LogP contribution in [-0.4, -0.2) is 18.9 Å². The quantitative estimate of drug-likeness (QED) is 0.627. The van der Waals surface area contributed by atoms with Crippen LogP contribution in [0.15, 0.2) is 24.0 Å². The Morgan fingerprint density at radius 2 is 2.42 bits per heavy atom. The lowest BCUT2D eigenvalue weighted by molar-refractivity contribution is -0.117. The van der Waals surface area contributed by atoms with Crippen LogP contribution in [0.5, 0.6) is 0 Å². The molecule has 1 amide bonds. The van der Waals surface area contributed by atoms with E-state index in [0.717, 1.165) is 0 Å². The molecule has 1 aliphatic carbocycles. The molecule has 0 saturated carbocycles. The molecule has 0 aromatic carbocycles. The molecule has 1 rings (SSSR count). The van der Waals surface area contributed by atoms with Crippen molar-refractivity contribution in [2.24, 2.45) is 0 Å². The van der Waals surface area contributed by atoms with Crippen LogP contribution in [0, 0.1) is 0 Å². The molecule has 4 heteroatoms. The zero-order chi connectivity index (χ0) is 8.97. The van der Waals surface area contributed by atoms with Gasteiger partial charge in [0.15, 0.2) is 5.76 Å². The first-order valence-corrected chi connectivity index (χ1v) is 3.53. The maximum Gasteiger partial charge on any atom is 0.412 e. The van der Waals surface area contributed by atoms with Gasteiger partial charge in [-0.25, -0.2) is 4.79 Å². The maximum absolute atomic E-state index is 11.0. The Morgan fingerprint density at radius 3 is 3.00 bits per heavy atom. The molecule has 0 aliphatic heterocycles. The van der Waals surface area contributed by atoms with E-state index in [0.29, 0.717) is 6.42 Å². The van der Waals surface area contributed by atoms with Gasteiger partial charge < -0.3 is 10.1 Å². The first-order chi connectivity index (χ1) is 5.74. The predicted molar refractivity (Wildman–Crippen MR) is 42.4 cm³/mol. The smallest absolute Gasteiger partial charge is 0.407 e. The molecule has 0 saturated heterocycles. The average Bonchev–Trinajstić information content (AvgIpc) is 2.09. The van der Waals surface area contributed by atoms with Crippen LogP contribution in [0.3, 0.4) is 0 Å². The van der Waals surface area contributed by atoms with Gasteiger partial charge in [0.05, 0.1) is 0 Å². The van der Waals surface area contributed by atoms with E-state index in [9.17, 15) is 9.59 Å². The van der Waals surface area contributed by atoms with E-state index < -0.39 is 6.09 Å². The zero-order valence-corrected chi connectivity index (χ0v) is 6.66. The van der Waals surface area contributed by atoms with Gasteiger partial charge in [0, 0.05) is 13.5 Å². The lowest BCUT2D eigenvalue weighted by Gasteiger charge is -2.07. The number of carbonyl (C=O) groups is 2. The first-order valence-electron chi connectivity index (χ1n) is 3.53. The minimum Gasteiger partial charge on any atom is -0.407 e. The highest BCUT2D eigenvalue weighted by atomic mass is 16.6. The van der Waals surface area contributed by atoms with Crippen molar-refractivity contribution in [2.75, 3.05) is 7.05 Å².